The van der Waals surface area contributed by atoms with Gasteiger partial charge in [0.15, 0.2) is 0 Å². The summed E-state index contributed by atoms with van der Waals surface area (Å²) >= 11 is 0. The highest BCUT2D eigenvalue weighted by Gasteiger charge is 2.18. The maximum absolute atomic E-state index is 12.0. The van der Waals surface area contributed by atoms with Gasteiger partial charge in [0.1, 0.15) is 5.75 Å². The second-order valence-electron chi connectivity index (χ2n) is 4.93. The van der Waals surface area contributed by atoms with Crippen LogP contribution in [-0.2, 0) is 4.79 Å². The van der Waals surface area contributed by atoms with Crippen LogP contribution in [0.3, 0.4) is 0 Å². The zero-order chi connectivity index (χ0) is 13.7. The highest BCUT2D eigenvalue weighted by atomic mass is 16.5. The van der Waals surface area contributed by atoms with Crippen LogP contribution >= 0.6 is 0 Å². The Morgan fingerprint density at radius 3 is 2.74 bits per heavy atom. The number of hydrogen-bond acceptors (Lipinski definition) is 3. The number of amides is 1. The lowest BCUT2D eigenvalue weighted by molar-refractivity contribution is -0.129. The van der Waals surface area contributed by atoms with Gasteiger partial charge >= 0.3 is 0 Å². The van der Waals surface area contributed by atoms with E-state index in [1.165, 1.54) is 0 Å². The van der Waals surface area contributed by atoms with Crippen molar-refractivity contribution in [3.63, 3.8) is 0 Å². The summed E-state index contributed by atoms with van der Waals surface area (Å²) in [5.74, 6) is 1.05. The lowest BCUT2D eigenvalue weighted by atomic mass is 10.1. The molecule has 1 fully saturated rings. The molecule has 0 aromatic heterocycles. The molecule has 2 rings (SSSR count). The molecule has 1 amide bonds. The third kappa shape index (κ3) is 3.47. The molecule has 4 heteroatoms. The summed E-state index contributed by atoms with van der Waals surface area (Å²) in [5.41, 5.74) is 1.08. The van der Waals surface area contributed by atoms with Gasteiger partial charge in [0, 0.05) is 24.7 Å². The first-order chi connectivity index (χ1) is 9.22. The number of para-hydroxylation sites is 1. The fraction of sp³-hybridized carbons (Fsp3) is 0.533. The average Bonchev–Trinajstić information content (AvgIpc) is 2.98. The molecule has 0 spiro atoms. The summed E-state index contributed by atoms with van der Waals surface area (Å²) in [6, 6.07) is 8.00. The molecule has 104 valence electrons. The molecule has 1 aliphatic rings. The molecule has 1 aromatic carbocycles. The Kier molecular flexibility index (Phi) is 4.80. The maximum atomic E-state index is 12.0. The van der Waals surface area contributed by atoms with Gasteiger partial charge in [-0.25, -0.2) is 0 Å². The number of nitrogens with one attached hydrogen (secondary N) is 1. The van der Waals surface area contributed by atoms with Crippen molar-refractivity contribution in [3.05, 3.63) is 29.8 Å². The van der Waals surface area contributed by atoms with Crippen LogP contribution in [0.1, 0.15) is 31.4 Å². The molecular formula is C15H22N2O2. The Bertz CT molecular complexity index is 428. The minimum atomic E-state index is 0.0997. The van der Waals surface area contributed by atoms with E-state index in [0.717, 1.165) is 37.2 Å². The first kappa shape index (κ1) is 13.9. The van der Waals surface area contributed by atoms with Gasteiger partial charge in [0.2, 0.25) is 5.91 Å². The quantitative estimate of drug-likeness (QED) is 0.882. The normalized spacial score (nSPS) is 16.4. The first-order valence-electron chi connectivity index (χ1n) is 6.86. The predicted octanol–water partition coefficient (Wildman–Crippen LogP) is 1.97. The van der Waals surface area contributed by atoms with Crippen molar-refractivity contribution in [2.45, 2.75) is 25.8 Å². The topological polar surface area (TPSA) is 41.6 Å². The summed E-state index contributed by atoms with van der Waals surface area (Å²) in [4.78, 5) is 13.9. The van der Waals surface area contributed by atoms with Crippen molar-refractivity contribution in [3.8, 4) is 5.75 Å². The zero-order valence-electron chi connectivity index (χ0n) is 11.7. The molecule has 0 saturated carbocycles. The lowest BCUT2D eigenvalue weighted by Crippen LogP contribution is -2.37. The number of rotatable bonds is 5. The molecule has 0 unspecified atom stereocenters. The fourth-order valence-electron chi connectivity index (χ4n) is 2.45. The molecule has 19 heavy (non-hydrogen) atoms. The van der Waals surface area contributed by atoms with E-state index < -0.39 is 0 Å². The third-order valence-corrected chi connectivity index (χ3v) is 3.62. The van der Waals surface area contributed by atoms with E-state index in [4.69, 9.17) is 4.74 Å². The number of carbonyl (C=O) groups is 1. The number of ether oxygens (including phenoxy) is 1. The Balaban J connectivity index is 1.89. The number of methoxy groups -OCH3 is 1. The van der Waals surface area contributed by atoms with Crippen LogP contribution in [0, 0.1) is 0 Å². The zero-order valence-corrected chi connectivity index (χ0v) is 11.7. The second kappa shape index (κ2) is 6.57. The summed E-state index contributed by atoms with van der Waals surface area (Å²) < 4.78 is 5.34. The molecule has 0 bridgehead atoms. The smallest absolute Gasteiger partial charge is 0.236 e. The molecule has 1 saturated heterocycles. The largest absolute Gasteiger partial charge is 0.496 e. The minimum absolute atomic E-state index is 0.0997. The SMILES string of the molecule is COc1ccccc1[C@H](C)NCC(=O)N1CCCC1. The number of carbonyl (C=O) groups excluding carboxylic acids is 1. The summed E-state index contributed by atoms with van der Waals surface area (Å²) in [7, 11) is 1.67. The van der Waals surface area contributed by atoms with Gasteiger partial charge in [-0.15, -0.1) is 0 Å². The first-order valence-corrected chi connectivity index (χ1v) is 6.86. The van der Waals surface area contributed by atoms with Gasteiger partial charge < -0.3 is 15.0 Å². The van der Waals surface area contributed by atoms with E-state index in [1.54, 1.807) is 7.11 Å². The Labute approximate surface area is 114 Å². The van der Waals surface area contributed by atoms with Gasteiger partial charge in [-0.2, -0.15) is 0 Å². The highest BCUT2D eigenvalue weighted by Crippen LogP contribution is 2.24. The summed E-state index contributed by atoms with van der Waals surface area (Å²) in [5, 5.41) is 3.28. The lowest BCUT2D eigenvalue weighted by Gasteiger charge is -2.20. The number of benzene rings is 1. The van der Waals surface area contributed by atoms with Crippen LogP contribution in [0.25, 0.3) is 0 Å². The fourth-order valence-corrected chi connectivity index (χ4v) is 2.45. The van der Waals surface area contributed by atoms with Crippen molar-refractivity contribution in [2.24, 2.45) is 0 Å². The van der Waals surface area contributed by atoms with Crippen molar-refractivity contribution >= 4 is 5.91 Å². The van der Waals surface area contributed by atoms with Crippen molar-refractivity contribution in [1.82, 2.24) is 10.2 Å². The summed E-state index contributed by atoms with van der Waals surface area (Å²) in [6.07, 6.45) is 2.27. The van der Waals surface area contributed by atoms with Crippen molar-refractivity contribution in [1.29, 1.82) is 0 Å². The van der Waals surface area contributed by atoms with E-state index in [1.807, 2.05) is 29.2 Å². The van der Waals surface area contributed by atoms with E-state index in [0.29, 0.717) is 6.54 Å². The van der Waals surface area contributed by atoms with E-state index in [9.17, 15) is 4.79 Å². The van der Waals surface area contributed by atoms with Gasteiger partial charge in [-0.1, -0.05) is 18.2 Å². The van der Waals surface area contributed by atoms with Crippen molar-refractivity contribution < 1.29 is 9.53 Å². The molecule has 1 heterocycles. The number of hydrogen-bond donors (Lipinski definition) is 1. The third-order valence-electron chi connectivity index (χ3n) is 3.62. The Morgan fingerprint density at radius 2 is 2.05 bits per heavy atom. The molecule has 1 aromatic rings. The van der Waals surface area contributed by atoms with E-state index >= 15 is 0 Å². The van der Waals surface area contributed by atoms with Crippen LogP contribution in [0.4, 0.5) is 0 Å². The molecule has 4 nitrogen and oxygen atoms in total. The maximum Gasteiger partial charge on any atom is 0.236 e. The number of likely N-dealkylation sites (tertiary alicyclic amines) is 1. The second-order valence-corrected chi connectivity index (χ2v) is 4.93. The summed E-state index contributed by atoms with van der Waals surface area (Å²) in [6.45, 7) is 4.25. The van der Waals surface area contributed by atoms with Gasteiger partial charge in [0.05, 0.1) is 13.7 Å². The highest BCUT2D eigenvalue weighted by molar-refractivity contribution is 5.78. The van der Waals surface area contributed by atoms with Gasteiger partial charge in [-0.05, 0) is 25.8 Å². The standard InChI is InChI=1S/C15H22N2O2/c1-12(13-7-3-4-8-14(13)19-2)16-11-15(18)17-9-5-6-10-17/h3-4,7-8,12,16H,5-6,9-11H2,1-2H3/t12-/m0/s1. The van der Waals surface area contributed by atoms with Crippen LogP contribution < -0.4 is 10.1 Å². The monoisotopic (exact) mass is 262 g/mol. The van der Waals surface area contributed by atoms with Crippen LogP contribution in [0.5, 0.6) is 5.75 Å². The van der Waals surface area contributed by atoms with E-state index in [2.05, 4.69) is 12.2 Å². The van der Waals surface area contributed by atoms with Crippen LogP contribution in [0.15, 0.2) is 24.3 Å². The van der Waals surface area contributed by atoms with E-state index in [-0.39, 0.29) is 11.9 Å². The molecule has 1 aliphatic heterocycles. The predicted molar refractivity (Wildman–Crippen MR) is 75.2 cm³/mol. The molecule has 0 radical (unpaired) electrons. The average molecular weight is 262 g/mol. The molecule has 0 aliphatic carbocycles. The molecular weight excluding hydrogens is 240 g/mol. The number of nitrogens with zero attached hydrogens (tertiary/aromatic N) is 1. The molecule has 1 N–H and O–H groups in total. The van der Waals surface area contributed by atoms with Crippen molar-refractivity contribution in [2.75, 3.05) is 26.7 Å². The Hall–Kier alpha value is -1.55. The van der Waals surface area contributed by atoms with Gasteiger partial charge in [0.25, 0.3) is 0 Å². The molecule has 1 atom stereocenters. The van der Waals surface area contributed by atoms with Crippen LogP contribution in [-0.4, -0.2) is 37.6 Å². The van der Waals surface area contributed by atoms with Crippen LogP contribution in [0.2, 0.25) is 0 Å². The Morgan fingerprint density at radius 1 is 1.37 bits per heavy atom. The van der Waals surface area contributed by atoms with Gasteiger partial charge in [-0.3, -0.25) is 4.79 Å². The minimum Gasteiger partial charge on any atom is -0.496 e.